The summed E-state index contributed by atoms with van der Waals surface area (Å²) in [5.74, 6) is 0. The second kappa shape index (κ2) is 5.09. The van der Waals surface area contributed by atoms with E-state index >= 15 is 0 Å². The molecule has 0 unspecified atom stereocenters. The largest absolute Gasteiger partial charge is 0.255 e. The fourth-order valence-electron chi connectivity index (χ4n) is 1.50. The molecule has 0 aliphatic carbocycles. The minimum absolute atomic E-state index is 0.331. The average Bonchev–Trinajstić information content (AvgIpc) is 2.37. The van der Waals surface area contributed by atoms with E-state index in [4.69, 9.17) is 5.53 Å². The van der Waals surface area contributed by atoms with Crippen molar-refractivity contribution in [3.8, 4) is 11.4 Å². The van der Waals surface area contributed by atoms with Gasteiger partial charge in [-0.25, -0.2) is 0 Å². The van der Waals surface area contributed by atoms with Gasteiger partial charge in [-0.2, -0.15) is 0 Å². The number of rotatable bonds is 3. The van der Waals surface area contributed by atoms with Crippen molar-refractivity contribution in [3.63, 3.8) is 0 Å². The second-order valence-corrected chi connectivity index (χ2v) is 3.66. The van der Waals surface area contributed by atoms with E-state index in [1.165, 1.54) is 0 Å². The number of aryl methyl sites for hydroxylation is 1. The number of hydrogen-bond acceptors (Lipinski definition) is 3. The van der Waals surface area contributed by atoms with Gasteiger partial charge in [0.1, 0.15) is 0 Å². The summed E-state index contributed by atoms with van der Waals surface area (Å²) in [5, 5.41) is 3.53. The average molecular weight is 225 g/mol. The molecule has 0 N–H and O–H groups in total. The summed E-state index contributed by atoms with van der Waals surface area (Å²) in [5.41, 5.74) is 12.0. The van der Waals surface area contributed by atoms with E-state index in [-0.39, 0.29) is 0 Å². The molecule has 0 spiro atoms. The van der Waals surface area contributed by atoms with Crippen LogP contribution in [-0.4, -0.2) is 9.97 Å². The molecule has 2 aromatic heterocycles. The van der Waals surface area contributed by atoms with Gasteiger partial charge in [-0.1, -0.05) is 5.11 Å². The van der Waals surface area contributed by atoms with E-state index in [1.54, 1.807) is 12.4 Å². The first-order valence-electron chi connectivity index (χ1n) is 5.18. The Morgan fingerprint density at radius 3 is 2.59 bits per heavy atom. The summed E-state index contributed by atoms with van der Waals surface area (Å²) >= 11 is 0. The molecule has 0 aliphatic rings. The molecular weight excluding hydrogens is 214 g/mol. The van der Waals surface area contributed by atoms with Crippen molar-refractivity contribution in [1.29, 1.82) is 0 Å². The van der Waals surface area contributed by atoms with Crippen LogP contribution in [0.3, 0.4) is 0 Å². The van der Waals surface area contributed by atoms with Crippen LogP contribution >= 0.6 is 0 Å². The first-order valence-corrected chi connectivity index (χ1v) is 5.18. The highest BCUT2D eigenvalue weighted by atomic mass is 15.1. The van der Waals surface area contributed by atoms with Gasteiger partial charge in [-0.15, -0.1) is 0 Å². The molecule has 0 saturated heterocycles. The molecule has 2 rings (SSSR count). The van der Waals surface area contributed by atoms with E-state index in [9.17, 15) is 0 Å². The third-order valence-electron chi connectivity index (χ3n) is 2.32. The third-order valence-corrected chi connectivity index (χ3v) is 2.32. The van der Waals surface area contributed by atoms with Crippen LogP contribution in [0.25, 0.3) is 21.8 Å². The van der Waals surface area contributed by atoms with Crippen molar-refractivity contribution in [2.75, 3.05) is 0 Å². The second-order valence-electron chi connectivity index (χ2n) is 3.66. The summed E-state index contributed by atoms with van der Waals surface area (Å²) in [6.07, 6.45) is 3.45. The topological polar surface area (TPSA) is 74.5 Å². The fraction of sp³-hybridized carbons (Fsp3) is 0.167. The molecule has 0 saturated carbocycles. The fourth-order valence-corrected chi connectivity index (χ4v) is 1.50. The van der Waals surface area contributed by atoms with Crippen LogP contribution in [0.1, 0.15) is 11.1 Å². The van der Waals surface area contributed by atoms with Crippen molar-refractivity contribution >= 4 is 0 Å². The summed E-state index contributed by atoms with van der Waals surface area (Å²) in [4.78, 5) is 11.3. The standard InChI is InChI=1S/C12H11N5/c1-9-2-4-14-11(6-9)12-7-10(3-5-15-12)8-16-17-13/h2-7H,8H2,1H3. The molecule has 0 amide bonds. The first kappa shape index (κ1) is 11.1. The predicted molar refractivity (Wildman–Crippen MR) is 65.1 cm³/mol. The van der Waals surface area contributed by atoms with Crippen molar-refractivity contribution in [2.45, 2.75) is 13.5 Å². The Balaban J connectivity index is 2.35. The molecule has 0 fully saturated rings. The van der Waals surface area contributed by atoms with Gasteiger partial charge in [-0.3, -0.25) is 9.97 Å². The maximum atomic E-state index is 8.28. The van der Waals surface area contributed by atoms with Crippen LogP contribution in [0.2, 0.25) is 0 Å². The van der Waals surface area contributed by atoms with Crippen LogP contribution in [0.4, 0.5) is 0 Å². The Morgan fingerprint density at radius 2 is 1.88 bits per heavy atom. The van der Waals surface area contributed by atoms with E-state index < -0.39 is 0 Å². The summed E-state index contributed by atoms with van der Waals surface area (Å²) in [7, 11) is 0. The molecule has 0 atom stereocenters. The zero-order valence-electron chi connectivity index (χ0n) is 9.41. The van der Waals surface area contributed by atoms with Crippen molar-refractivity contribution < 1.29 is 0 Å². The smallest absolute Gasteiger partial charge is 0.0888 e. The van der Waals surface area contributed by atoms with Gasteiger partial charge in [0.25, 0.3) is 0 Å². The van der Waals surface area contributed by atoms with Gasteiger partial charge in [0.2, 0.25) is 0 Å². The quantitative estimate of drug-likeness (QED) is 0.456. The Labute approximate surface area is 98.8 Å². The maximum Gasteiger partial charge on any atom is 0.0888 e. The molecule has 84 valence electrons. The zero-order valence-corrected chi connectivity index (χ0v) is 9.41. The first-order chi connectivity index (χ1) is 8.29. The van der Waals surface area contributed by atoms with E-state index in [0.29, 0.717) is 6.54 Å². The molecule has 2 aromatic rings. The number of azide groups is 1. The Morgan fingerprint density at radius 1 is 1.18 bits per heavy atom. The molecule has 5 heteroatoms. The van der Waals surface area contributed by atoms with Gasteiger partial charge >= 0.3 is 0 Å². The zero-order chi connectivity index (χ0) is 12.1. The minimum atomic E-state index is 0.331. The third kappa shape index (κ3) is 2.80. The predicted octanol–water partition coefficient (Wildman–Crippen LogP) is 3.26. The number of nitrogens with zero attached hydrogens (tertiary/aromatic N) is 5. The lowest BCUT2D eigenvalue weighted by Gasteiger charge is -2.02. The lowest BCUT2D eigenvalue weighted by Crippen LogP contribution is -1.90. The van der Waals surface area contributed by atoms with Crippen LogP contribution in [0.5, 0.6) is 0 Å². The molecule has 17 heavy (non-hydrogen) atoms. The monoisotopic (exact) mass is 225 g/mol. The normalized spacial score (nSPS) is 9.71. The van der Waals surface area contributed by atoms with Gasteiger partial charge in [0.05, 0.1) is 17.9 Å². The molecular formula is C12H11N5. The Kier molecular flexibility index (Phi) is 3.33. The summed E-state index contributed by atoms with van der Waals surface area (Å²) in [6, 6.07) is 7.62. The highest BCUT2D eigenvalue weighted by Crippen LogP contribution is 2.16. The van der Waals surface area contributed by atoms with Crippen molar-refractivity contribution in [1.82, 2.24) is 9.97 Å². The molecule has 5 nitrogen and oxygen atoms in total. The molecule has 2 heterocycles. The van der Waals surface area contributed by atoms with Gasteiger partial charge in [-0.05, 0) is 47.8 Å². The SMILES string of the molecule is Cc1ccnc(-c2cc(CN=[N+]=[N-])ccn2)c1. The van der Waals surface area contributed by atoms with Crippen LogP contribution in [-0.2, 0) is 6.54 Å². The van der Waals surface area contributed by atoms with Crippen molar-refractivity contribution in [2.24, 2.45) is 5.11 Å². The van der Waals surface area contributed by atoms with E-state index in [0.717, 1.165) is 22.5 Å². The number of hydrogen-bond donors (Lipinski definition) is 0. The Bertz CT molecular complexity index is 573. The highest BCUT2D eigenvalue weighted by molar-refractivity contribution is 5.55. The Hall–Kier alpha value is -2.39. The van der Waals surface area contributed by atoms with Gasteiger partial charge in [0.15, 0.2) is 0 Å². The molecule has 0 radical (unpaired) electrons. The van der Waals surface area contributed by atoms with Gasteiger partial charge < -0.3 is 0 Å². The van der Waals surface area contributed by atoms with Gasteiger partial charge in [0, 0.05) is 17.3 Å². The van der Waals surface area contributed by atoms with Crippen LogP contribution in [0, 0.1) is 6.92 Å². The van der Waals surface area contributed by atoms with E-state index in [1.807, 2.05) is 31.2 Å². The summed E-state index contributed by atoms with van der Waals surface area (Å²) in [6.45, 7) is 2.34. The minimum Gasteiger partial charge on any atom is -0.255 e. The molecule has 0 aromatic carbocycles. The lowest BCUT2D eigenvalue weighted by molar-refractivity contribution is 1.04. The lowest BCUT2D eigenvalue weighted by atomic mass is 10.1. The van der Waals surface area contributed by atoms with Crippen LogP contribution < -0.4 is 0 Å². The van der Waals surface area contributed by atoms with E-state index in [2.05, 4.69) is 20.0 Å². The summed E-state index contributed by atoms with van der Waals surface area (Å²) < 4.78 is 0. The number of aromatic nitrogens is 2. The van der Waals surface area contributed by atoms with Crippen LogP contribution in [0.15, 0.2) is 41.8 Å². The molecule has 0 aliphatic heterocycles. The van der Waals surface area contributed by atoms with Crippen molar-refractivity contribution in [3.05, 3.63) is 58.2 Å². The highest BCUT2D eigenvalue weighted by Gasteiger charge is 2.01. The molecule has 0 bridgehead atoms. The maximum absolute atomic E-state index is 8.28. The number of pyridine rings is 2.